The Morgan fingerprint density at radius 1 is 1.00 bits per heavy atom. The minimum atomic E-state index is -0.978. The lowest BCUT2D eigenvalue weighted by molar-refractivity contribution is -0.149. The molecule has 0 unspecified atom stereocenters. The number of aromatic nitrogens is 1. The van der Waals surface area contributed by atoms with Crippen LogP contribution in [-0.2, 0) is 22.7 Å². The van der Waals surface area contributed by atoms with Gasteiger partial charge in [0.25, 0.3) is 0 Å². The average molecular weight is 498 g/mol. The number of carboxylic acid groups (broad SMARTS) is 1. The zero-order chi connectivity index (χ0) is 26.5. The first kappa shape index (κ1) is 25.9. The third-order valence-corrected chi connectivity index (χ3v) is 6.50. The van der Waals surface area contributed by atoms with Gasteiger partial charge in [0.05, 0.1) is 30.2 Å². The minimum Gasteiger partial charge on any atom is -0.496 e. The fourth-order valence-electron chi connectivity index (χ4n) is 4.34. The summed E-state index contributed by atoms with van der Waals surface area (Å²) < 4.78 is 13.1. The molecule has 0 spiro atoms. The number of carbonyl (C=O) groups excluding carboxylic acids is 1. The van der Waals surface area contributed by atoms with Gasteiger partial charge in [-0.25, -0.2) is 4.79 Å². The molecular weight excluding hydrogens is 466 g/mol. The van der Waals surface area contributed by atoms with Crippen LogP contribution in [0.5, 0.6) is 5.75 Å². The van der Waals surface area contributed by atoms with Gasteiger partial charge in [0.15, 0.2) is 11.9 Å². The highest BCUT2D eigenvalue weighted by Gasteiger charge is 2.23. The SMILES string of the molecule is COc1cccc2c1c(C(=O)c1ccc(C)cc1)c(C)n2CC=Cc1ccc(CO[C@H](C)C(=O)O)cc1. The number of rotatable bonds is 10. The summed E-state index contributed by atoms with van der Waals surface area (Å²) in [5, 5.41) is 9.77. The largest absolute Gasteiger partial charge is 0.496 e. The van der Waals surface area contributed by atoms with Crippen LogP contribution in [0.3, 0.4) is 0 Å². The van der Waals surface area contributed by atoms with Gasteiger partial charge in [0.2, 0.25) is 0 Å². The molecule has 0 bridgehead atoms. The van der Waals surface area contributed by atoms with Gasteiger partial charge in [0.1, 0.15) is 5.75 Å². The zero-order valence-electron chi connectivity index (χ0n) is 21.5. The monoisotopic (exact) mass is 497 g/mol. The molecule has 0 amide bonds. The number of aryl methyl sites for hydroxylation is 1. The van der Waals surface area contributed by atoms with Gasteiger partial charge in [-0.1, -0.05) is 72.3 Å². The van der Waals surface area contributed by atoms with Crippen LogP contribution in [0.2, 0.25) is 0 Å². The van der Waals surface area contributed by atoms with Gasteiger partial charge in [-0.2, -0.15) is 0 Å². The summed E-state index contributed by atoms with van der Waals surface area (Å²) >= 11 is 0. The van der Waals surface area contributed by atoms with Crippen LogP contribution in [0.25, 0.3) is 17.0 Å². The molecule has 6 heteroatoms. The number of carbonyl (C=O) groups is 2. The maximum atomic E-state index is 13.6. The van der Waals surface area contributed by atoms with Crippen molar-refractivity contribution in [2.24, 2.45) is 0 Å². The van der Waals surface area contributed by atoms with E-state index in [9.17, 15) is 9.59 Å². The molecule has 0 aliphatic heterocycles. The van der Waals surface area contributed by atoms with E-state index in [0.717, 1.165) is 33.3 Å². The van der Waals surface area contributed by atoms with E-state index in [2.05, 4.69) is 10.6 Å². The van der Waals surface area contributed by atoms with Gasteiger partial charge in [-0.05, 0) is 44.0 Å². The predicted molar refractivity (Wildman–Crippen MR) is 145 cm³/mol. The van der Waals surface area contributed by atoms with Gasteiger partial charge in [0, 0.05) is 17.8 Å². The number of hydrogen-bond acceptors (Lipinski definition) is 4. The summed E-state index contributed by atoms with van der Waals surface area (Å²) in [5.41, 5.74) is 6.16. The van der Waals surface area contributed by atoms with Crippen LogP contribution >= 0.6 is 0 Å². The fourth-order valence-corrected chi connectivity index (χ4v) is 4.34. The van der Waals surface area contributed by atoms with Crippen LogP contribution in [0.4, 0.5) is 0 Å². The second-order valence-electron chi connectivity index (χ2n) is 9.06. The zero-order valence-corrected chi connectivity index (χ0v) is 21.5. The summed E-state index contributed by atoms with van der Waals surface area (Å²) in [7, 11) is 1.62. The molecule has 37 heavy (non-hydrogen) atoms. The first-order valence-corrected chi connectivity index (χ1v) is 12.2. The molecule has 1 heterocycles. The van der Waals surface area contributed by atoms with Gasteiger partial charge in [-0.15, -0.1) is 0 Å². The Kier molecular flexibility index (Phi) is 7.89. The third kappa shape index (κ3) is 5.65. The van der Waals surface area contributed by atoms with Crippen molar-refractivity contribution in [3.63, 3.8) is 0 Å². The number of ether oxygens (including phenoxy) is 2. The number of methoxy groups -OCH3 is 1. The van der Waals surface area contributed by atoms with Crippen LogP contribution in [0.1, 0.15) is 45.2 Å². The summed E-state index contributed by atoms with van der Waals surface area (Å²) in [6, 6.07) is 21.3. The van der Waals surface area contributed by atoms with Crippen molar-refractivity contribution in [1.82, 2.24) is 4.57 Å². The summed E-state index contributed by atoms with van der Waals surface area (Å²) in [4.78, 5) is 24.5. The minimum absolute atomic E-state index is 0.0234. The summed E-state index contributed by atoms with van der Waals surface area (Å²) in [6.45, 7) is 6.31. The van der Waals surface area contributed by atoms with E-state index in [0.29, 0.717) is 23.4 Å². The molecule has 0 saturated heterocycles. The van der Waals surface area contributed by atoms with Crippen molar-refractivity contribution in [2.45, 2.75) is 40.0 Å². The fraction of sp³-hybridized carbons (Fsp3) is 0.226. The number of nitrogens with zero attached hydrogens (tertiary/aromatic N) is 1. The quantitative estimate of drug-likeness (QED) is 0.264. The molecular formula is C31H31NO5. The lowest BCUT2D eigenvalue weighted by Gasteiger charge is -2.08. The van der Waals surface area contributed by atoms with Gasteiger partial charge < -0.3 is 19.1 Å². The Hall–Kier alpha value is -4.16. The molecule has 0 aliphatic rings. The smallest absolute Gasteiger partial charge is 0.332 e. The van der Waals surface area contributed by atoms with Crippen molar-refractivity contribution in [3.05, 3.63) is 106 Å². The molecule has 1 atom stereocenters. The van der Waals surface area contributed by atoms with Crippen LogP contribution < -0.4 is 4.74 Å². The van der Waals surface area contributed by atoms with Crippen molar-refractivity contribution >= 4 is 28.7 Å². The number of aliphatic carboxylic acids is 1. The standard InChI is InChI=1S/C31H31NO5/c1-20-10-16-25(17-11-20)30(33)28-21(2)32(26-8-5-9-27(36-4)29(26)28)18-6-7-23-12-14-24(15-13-23)19-37-22(3)31(34)35/h5-17,22H,18-19H2,1-4H3,(H,34,35)/t22-/m1/s1. The Morgan fingerprint density at radius 2 is 1.70 bits per heavy atom. The number of ketones is 1. The molecule has 3 aromatic carbocycles. The average Bonchev–Trinajstić information content (AvgIpc) is 3.19. The van der Waals surface area contributed by atoms with E-state index in [1.54, 1.807) is 7.11 Å². The second-order valence-corrected chi connectivity index (χ2v) is 9.06. The number of benzene rings is 3. The van der Waals surface area contributed by atoms with E-state index in [1.807, 2.05) is 86.7 Å². The molecule has 0 saturated carbocycles. The lowest BCUT2D eigenvalue weighted by atomic mass is 9.99. The summed E-state index contributed by atoms with van der Waals surface area (Å²) in [5.74, 6) is -0.327. The second kappa shape index (κ2) is 11.3. The van der Waals surface area contributed by atoms with E-state index in [1.165, 1.54) is 6.92 Å². The molecule has 6 nitrogen and oxygen atoms in total. The van der Waals surface area contributed by atoms with Crippen molar-refractivity contribution in [2.75, 3.05) is 7.11 Å². The third-order valence-electron chi connectivity index (χ3n) is 6.50. The van der Waals surface area contributed by atoms with E-state index in [-0.39, 0.29) is 12.4 Å². The van der Waals surface area contributed by atoms with E-state index >= 15 is 0 Å². The van der Waals surface area contributed by atoms with Crippen LogP contribution in [0, 0.1) is 13.8 Å². The molecule has 0 radical (unpaired) electrons. The Labute approximate surface area is 216 Å². The first-order chi connectivity index (χ1) is 17.8. The Bertz CT molecular complexity index is 1450. The lowest BCUT2D eigenvalue weighted by Crippen LogP contribution is -2.19. The molecule has 0 aliphatic carbocycles. The van der Waals surface area contributed by atoms with Crippen LogP contribution in [-0.4, -0.2) is 34.6 Å². The molecule has 4 aromatic rings. The predicted octanol–water partition coefficient (Wildman–Crippen LogP) is 6.20. The van der Waals surface area contributed by atoms with Crippen molar-refractivity contribution < 1.29 is 24.2 Å². The molecule has 190 valence electrons. The normalized spacial score (nSPS) is 12.2. The summed E-state index contributed by atoms with van der Waals surface area (Å²) in [6.07, 6.45) is 3.24. The highest BCUT2D eigenvalue weighted by molar-refractivity contribution is 6.18. The van der Waals surface area contributed by atoms with E-state index < -0.39 is 12.1 Å². The molecule has 1 aromatic heterocycles. The number of fused-ring (bicyclic) bond motifs is 1. The van der Waals surface area contributed by atoms with E-state index in [4.69, 9.17) is 14.6 Å². The maximum Gasteiger partial charge on any atom is 0.332 e. The Morgan fingerprint density at radius 3 is 2.35 bits per heavy atom. The number of allylic oxidation sites excluding steroid dienone is 1. The highest BCUT2D eigenvalue weighted by Crippen LogP contribution is 2.35. The highest BCUT2D eigenvalue weighted by atomic mass is 16.5. The molecule has 1 N–H and O–H groups in total. The maximum absolute atomic E-state index is 13.6. The van der Waals surface area contributed by atoms with Crippen LogP contribution in [0.15, 0.2) is 72.8 Å². The number of carboxylic acids is 1. The number of hydrogen-bond donors (Lipinski definition) is 1. The molecule has 4 rings (SSSR count). The van der Waals surface area contributed by atoms with Gasteiger partial charge in [-0.3, -0.25) is 4.79 Å². The molecule has 0 fully saturated rings. The van der Waals surface area contributed by atoms with Gasteiger partial charge >= 0.3 is 5.97 Å². The topological polar surface area (TPSA) is 77.8 Å². The Balaban J connectivity index is 1.60. The van der Waals surface area contributed by atoms with Crippen molar-refractivity contribution in [3.8, 4) is 5.75 Å². The first-order valence-electron chi connectivity index (χ1n) is 12.2. The van der Waals surface area contributed by atoms with Crippen molar-refractivity contribution in [1.29, 1.82) is 0 Å².